The number of β-lactam (4-membered cyclic amide) rings is 1. The van der Waals surface area contributed by atoms with Crippen molar-refractivity contribution in [2.24, 2.45) is 5.41 Å². The first-order valence-corrected chi connectivity index (χ1v) is 9.23. The van der Waals surface area contributed by atoms with Gasteiger partial charge in [-0.3, -0.25) is 14.4 Å². The molecule has 2 saturated heterocycles. The topological polar surface area (TPSA) is 75.7 Å². The maximum Gasteiger partial charge on any atom is 0.318 e. The summed E-state index contributed by atoms with van der Waals surface area (Å²) >= 11 is 23.9. The number of nitrogens with zero attached hydrogens (tertiary/aromatic N) is 1. The summed E-state index contributed by atoms with van der Waals surface area (Å²) in [5.41, 5.74) is 0.0991. The van der Waals surface area contributed by atoms with Crippen LogP contribution in [0, 0.1) is 5.41 Å². The Balaban J connectivity index is 2.15. The van der Waals surface area contributed by atoms with Crippen LogP contribution in [-0.4, -0.2) is 51.0 Å². The van der Waals surface area contributed by atoms with Gasteiger partial charge in [-0.25, -0.2) is 0 Å². The van der Waals surface area contributed by atoms with Gasteiger partial charge in [0, 0.05) is 23.9 Å². The number of amides is 2. The predicted molar refractivity (Wildman–Crippen MR) is 94.0 cm³/mol. The van der Waals surface area contributed by atoms with Crippen molar-refractivity contribution < 1.29 is 19.1 Å². The Morgan fingerprint density at radius 2 is 2.12 bits per heavy atom. The highest BCUT2D eigenvalue weighted by Crippen LogP contribution is 2.50. The first-order chi connectivity index (χ1) is 11.0. The third-order valence-corrected chi connectivity index (χ3v) is 5.96. The van der Waals surface area contributed by atoms with E-state index < -0.39 is 27.8 Å². The number of hydrogen-bond donors (Lipinski definition) is 1. The van der Waals surface area contributed by atoms with Crippen LogP contribution in [0.3, 0.4) is 0 Å². The average Bonchev–Trinajstić information content (AvgIpc) is 2.49. The number of alkyl halides is 3. The van der Waals surface area contributed by atoms with Gasteiger partial charge in [0.05, 0.1) is 0 Å². The van der Waals surface area contributed by atoms with Gasteiger partial charge in [-0.05, 0) is 6.92 Å². The van der Waals surface area contributed by atoms with Crippen LogP contribution in [-0.2, 0) is 19.1 Å². The lowest BCUT2D eigenvalue weighted by atomic mass is 9.87. The van der Waals surface area contributed by atoms with Crippen molar-refractivity contribution in [1.29, 1.82) is 0 Å². The molecule has 2 aliphatic heterocycles. The highest BCUT2D eigenvalue weighted by molar-refractivity contribution is 8.04. The first-order valence-electron chi connectivity index (χ1n) is 6.78. The molecule has 0 bridgehead atoms. The summed E-state index contributed by atoms with van der Waals surface area (Å²) in [4.78, 5) is 37.8. The van der Waals surface area contributed by atoms with Gasteiger partial charge in [0.2, 0.25) is 15.6 Å². The van der Waals surface area contributed by atoms with Crippen LogP contribution in [0.15, 0.2) is 10.4 Å². The van der Waals surface area contributed by atoms with E-state index in [1.54, 1.807) is 6.92 Å². The van der Waals surface area contributed by atoms with Crippen LogP contribution in [0.4, 0.5) is 0 Å². The minimum Gasteiger partial charge on any atom is -0.460 e. The number of hydrogen-bond acceptors (Lipinski definition) is 5. The maximum atomic E-state index is 12.5. The van der Waals surface area contributed by atoms with Crippen molar-refractivity contribution in [1.82, 2.24) is 10.2 Å². The predicted octanol–water partition coefficient (Wildman–Crippen LogP) is 2.41. The van der Waals surface area contributed by atoms with Gasteiger partial charge in [-0.2, -0.15) is 0 Å². The molecule has 134 valence electrons. The van der Waals surface area contributed by atoms with E-state index in [0.29, 0.717) is 4.91 Å². The van der Waals surface area contributed by atoms with E-state index in [0.717, 1.165) is 0 Å². The second-order valence-electron chi connectivity index (χ2n) is 5.65. The lowest BCUT2D eigenvalue weighted by Gasteiger charge is -2.54. The van der Waals surface area contributed by atoms with Gasteiger partial charge in [0.15, 0.2) is 0 Å². The molecule has 1 N–H and O–H groups in total. The summed E-state index contributed by atoms with van der Waals surface area (Å²) in [6, 6.07) is -0.638. The molecule has 6 nitrogen and oxygen atoms in total. The Morgan fingerprint density at radius 3 is 2.62 bits per heavy atom. The van der Waals surface area contributed by atoms with Crippen LogP contribution in [0.5, 0.6) is 0 Å². The molecule has 24 heavy (non-hydrogen) atoms. The van der Waals surface area contributed by atoms with Crippen LogP contribution < -0.4 is 5.32 Å². The summed E-state index contributed by atoms with van der Waals surface area (Å²) < 4.78 is 3.33. The van der Waals surface area contributed by atoms with Crippen LogP contribution in [0.25, 0.3) is 0 Å². The van der Waals surface area contributed by atoms with Crippen LogP contribution in [0.1, 0.15) is 13.8 Å². The van der Waals surface area contributed by atoms with Crippen molar-refractivity contribution in [3.05, 3.63) is 10.4 Å². The molecule has 2 rings (SSSR count). The fourth-order valence-corrected chi connectivity index (χ4v) is 4.38. The fraction of sp³-hybridized carbons (Fsp3) is 0.615. The summed E-state index contributed by atoms with van der Waals surface area (Å²) in [6.07, 6.45) is 0. The maximum absolute atomic E-state index is 12.5. The zero-order chi connectivity index (χ0) is 18.3. The van der Waals surface area contributed by atoms with E-state index in [1.165, 1.54) is 29.1 Å². The number of carbonyl (C=O) groups is 3. The number of halogens is 4. The van der Waals surface area contributed by atoms with Gasteiger partial charge in [0.25, 0.3) is 0 Å². The molecule has 2 heterocycles. The molecule has 11 heteroatoms. The minimum absolute atomic E-state index is 0.0663. The van der Waals surface area contributed by atoms with Gasteiger partial charge < -0.3 is 15.0 Å². The van der Waals surface area contributed by atoms with Gasteiger partial charge in [-0.15, -0.1) is 11.8 Å². The van der Waals surface area contributed by atoms with Crippen molar-refractivity contribution in [2.75, 3.05) is 13.2 Å². The average molecular weight is 436 g/mol. The molecule has 0 aliphatic carbocycles. The molecule has 2 aliphatic rings. The quantitative estimate of drug-likeness (QED) is 0.418. The van der Waals surface area contributed by atoms with Crippen LogP contribution in [0.2, 0.25) is 0 Å². The SMILES string of the molecule is CC(=O)NC1C(=O)N2CC(C)(C(=O)OCC(Cl)(Cl)Cl)C(=CCl)S[C@H]12. The van der Waals surface area contributed by atoms with Gasteiger partial charge in [0.1, 0.15) is 23.4 Å². The molecule has 0 spiro atoms. The molecule has 3 atom stereocenters. The van der Waals surface area contributed by atoms with Gasteiger partial charge in [-0.1, -0.05) is 46.4 Å². The van der Waals surface area contributed by atoms with E-state index >= 15 is 0 Å². The largest absolute Gasteiger partial charge is 0.460 e. The highest BCUT2D eigenvalue weighted by atomic mass is 35.6. The Morgan fingerprint density at radius 1 is 1.50 bits per heavy atom. The van der Waals surface area contributed by atoms with E-state index in [1.807, 2.05) is 0 Å². The molecule has 2 unspecified atom stereocenters. The summed E-state index contributed by atoms with van der Waals surface area (Å²) in [6.45, 7) is 2.58. The molecular formula is C13H14Cl4N2O4S. The van der Waals surface area contributed by atoms with E-state index in [9.17, 15) is 14.4 Å². The summed E-state index contributed by atoms with van der Waals surface area (Å²) in [5, 5.41) is 2.27. The molecular weight excluding hydrogens is 422 g/mol. The van der Waals surface area contributed by atoms with Gasteiger partial charge >= 0.3 is 5.97 Å². The van der Waals surface area contributed by atoms with E-state index in [4.69, 9.17) is 51.1 Å². The Bertz CT molecular complexity index is 609. The minimum atomic E-state index is -1.73. The standard InChI is InChI=1S/C13H14Cl4N2O4S/c1-6(20)18-8-9(21)19-4-12(2,7(3-14)24-10(8)19)11(22)23-5-13(15,16)17/h3,8,10H,4-5H2,1-2H3,(H,18,20)/t8?,10-,12?/m1/s1. The molecule has 0 aromatic heterocycles. The van der Waals surface area contributed by atoms with Crippen molar-refractivity contribution in [3.8, 4) is 0 Å². The Labute approximate surface area is 163 Å². The lowest BCUT2D eigenvalue weighted by molar-refractivity contribution is -0.160. The van der Waals surface area contributed by atoms with E-state index in [2.05, 4.69) is 5.32 Å². The molecule has 0 radical (unpaired) electrons. The number of thioether (sulfide) groups is 1. The normalized spacial score (nSPS) is 31.3. The molecule has 0 aromatic carbocycles. The zero-order valence-electron chi connectivity index (χ0n) is 12.6. The van der Waals surface area contributed by atoms with Crippen LogP contribution >= 0.6 is 58.2 Å². The van der Waals surface area contributed by atoms with Crippen molar-refractivity contribution >= 4 is 75.9 Å². The molecule has 2 fully saturated rings. The third kappa shape index (κ3) is 3.90. The summed E-state index contributed by atoms with van der Waals surface area (Å²) in [5.74, 6) is -1.22. The second kappa shape index (κ2) is 7.11. The lowest BCUT2D eigenvalue weighted by Crippen LogP contribution is -2.73. The van der Waals surface area contributed by atoms with Crippen molar-refractivity contribution in [3.63, 3.8) is 0 Å². The molecule has 0 saturated carbocycles. The van der Waals surface area contributed by atoms with E-state index in [-0.39, 0.29) is 23.7 Å². The summed E-state index contributed by atoms with van der Waals surface area (Å²) in [7, 11) is 0. The fourth-order valence-electron chi connectivity index (χ4n) is 2.47. The Hall–Kier alpha value is -0.340. The smallest absolute Gasteiger partial charge is 0.318 e. The molecule has 0 aromatic rings. The number of esters is 1. The number of carbonyl (C=O) groups excluding carboxylic acids is 3. The molecule has 2 amide bonds. The number of ether oxygens (including phenoxy) is 1. The number of fused-ring (bicyclic) bond motifs is 1. The third-order valence-electron chi connectivity index (χ3n) is 3.69. The zero-order valence-corrected chi connectivity index (χ0v) is 16.5. The Kier molecular flexibility index (Phi) is 5.92. The number of rotatable bonds is 3. The van der Waals surface area contributed by atoms with Crippen molar-refractivity contribution in [2.45, 2.75) is 29.1 Å². The first kappa shape index (κ1) is 20.0. The second-order valence-corrected chi connectivity index (χ2v) is 9.54. The number of nitrogens with one attached hydrogen (secondary N) is 1. The monoisotopic (exact) mass is 434 g/mol. The highest BCUT2D eigenvalue weighted by Gasteiger charge is 2.58.